The van der Waals surface area contributed by atoms with Crippen LogP contribution >= 0.6 is 11.6 Å². The van der Waals surface area contributed by atoms with E-state index in [0.29, 0.717) is 5.56 Å². The Balaban J connectivity index is 2.40. The molecule has 4 heteroatoms. The Morgan fingerprint density at radius 1 is 1.31 bits per heavy atom. The van der Waals surface area contributed by atoms with Gasteiger partial charge in [0.05, 0.1) is 0 Å². The van der Waals surface area contributed by atoms with Crippen LogP contribution in [-0.2, 0) is 0 Å². The van der Waals surface area contributed by atoms with Gasteiger partial charge in [-0.05, 0) is 37.9 Å². The van der Waals surface area contributed by atoms with Gasteiger partial charge in [0, 0.05) is 11.6 Å². The first kappa shape index (κ1) is 11.6. The molecule has 3 N–H and O–H groups in total. The number of aromatic hydroxyl groups is 2. The fraction of sp³-hybridized carbons (Fsp3) is 0.500. The highest BCUT2D eigenvalue weighted by Crippen LogP contribution is 2.41. The van der Waals surface area contributed by atoms with Gasteiger partial charge in [-0.1, -0.05) is 18.0 Å². The molecule has 0 aromatic heterocycles. The fourth-order valence-electron chi connectivity index (χ4n) is 2.16. The summed E-state index contributed by atoms with van der Waals surface area (Å²) in [5.74, 6) is -0.0251. The normalized spacial score (nSPS) is 21.0. The van der Waals surface area contributed by atoms with Gasteiger partial charge in [-0.15, -0.1) is 0 Å². The second kappa shape index (κ2) is 4.52. The predicted molar refractivity (Wildman–Crippen MR) is 64.1 cm³/mol. The molecule has 0 spiro atoms. The van der Waals surface area contributed by atoms with Gasteiger partial charge in [0.25, 0.3) is 0 Å². The quantitative estimate of drug-likeness (QED) is 0.709. The van der Waals surface area contributed by atoms with E-state index in [0.717, 1.165) is 24.9 Å². The Hall–Kier alpha value is -0.930. The molecular formula is C12H16ClNO2. The van der Waals surface area contributed by atoms with Gasteiger partial charge in [-0.2, -0.15) is 0 Å². The third-order valence-electron chi connectivity index (χ3n) is 3.12. The molecule has 2 rings (SSSR count). The van der Waals surface area contributed by atoms with Crippen LogP contribution in [0.3, 0.4) is 0 Å². The van der Waals surface area contributed by atoms with E-state index in [1.807, 2.05) is 0 Å². The molecule has 1 fully saturated rings. The van der Waals surface area contributed by atoms with Gasteiger partial charge in [-0.3, -0.25) is 0 Å². The second-order valence-corrected chi connectivity index (χ2v) is 4.67. The van der Waals surface area contributed by atoms with Crippen LogP contribution in [0, 0.1) is 6.92 Å². The zero-order valence-corrected chi connectivity index (χ0v) is 10.0. The molecule has 0 bridgehead atoms. The van der Waals surface area contributed by atoms with Crippen LogP contribution in [0.1, 0.15) is 36.4 Å². The zero-order chi connectivity index (χ0) is 11.7. The molecule has 0 saturated carbocycles. The monoisotopic (exact) mass is 241 g/mol. The lowest BCUT2D eigenvalue weighted by molar-refractivity contribution is 0.387. The number of nitrogens with one attached hydrogen (secondary N) is 1. The molecule has 0 aliphatic carbocycles. The summed E-state index contributed by atoms with van der Waals surface area (Å²) in [6, 6.07) is 1.95. The van der Waals surface area contributed by atoms with Gasteiger partial charge in [0.2, 0.25) is 0 Å². The topological polar surface area (TPSA) is 52.5 Å². The van der Waals surface area contributed by atoms with Crippen molar-refractivity contribution in [2.24, 2.45) is 0 Å². The lowest BCUT2D eigenvalue weighted by Crippen LogP contribution is -2.26. The summed E-state index contributed by atoms with van der Waals surface area (Å²) in [7, 11) is 0. The Morgan fingerprint density at radius 2 is 2.06 bits per heavy atom. The highest BCUT2D eigenvalue weighted by atomic mass is 35.5. The Morgan fingerprint density at radius 3 is 2.69 bits per heavy atom. The molecule has 1 unspecified atom stereocenters. The van der Waals surface area contributed by atoms with Gasteiger partial charge in [0.1, 0.15) is 16.5 Å². The van der Waals surface area contributed by atoms with E-state index < -0.39 is 0 Å². The van der Waals surface area contributed by atoms with Crippen LogP contribution in [0.15, 0.2) is 6.07 Å². The maximum absolute atomic E-state index is 9.92. The number of hydrogen-bond acceptors (Lipinski definition) is 3. The summed E-state index contributed by atoms with van der Waals surface area (Å²) in [5, 5.41) is 22.9. The minimum Gasteiger partial charge on any atom is -0.506 e. The number of halogens is 1. The Kier molecular flexibility index (Phi) is 3.26. The van der Waals surface area contributed by atoms with Crippen LogP contribution in [-0.4, -0.2) is 16.8 Å². The van der Waals surface area contributed by atoms with Crippen LogP contribution in [0.5, 0.6) is 11.5 Å². The third kappa shape index (κ3) is 1.97. The molecular weight excluding hydrogens is 226 g/mol. The van der Waals surface area contributed by atoms with Crippen molar-refractivity contribution in [1.29, 1.82) is 0 Å². The zero-order valence-electron chi connectivity index (χ0n) is 9.26. The van der Waals surface area contributed by atoms with E-state index in [4.69, 9.17) is 11.6 Å². The Bertz CT molecular complexity index is 400. The van der Waals surface area contributed by atoms with Gasteiger partial charge in [0.15, 0.2) is 0 Å². The molecule has 1 aromatic carbocycles. The largest absolute Gasteiger partial charge is 0.506 e. The third-order valence-corrected chi connectivity index (χ3v) is 3.48. The van der Waals surface area contributed by atoms with Crippen molar-refractivity contribution < 1.29 is 10.2 Å². The van der Waals surface area contributed by atoms with Crippen LogP contribution < -0.4 is 5.32 Å². The first-order valence-electron chi connectivity index (χ1n) is 5.55. The van der Waals surface area contributed by atoms with E-state index in [1.54, 1.807) is 13.0 Å². The molecule has 1 saturated heterocycles. The summed E-state index contributed by atoms with van der Waals surface area (Å²) < 4.78 is 0. The summed E-state index contributed by atoms with van der Waals surface area (Å²) in [6.45, 7) is 2.74. The van der Waals surface area contributed by atoms with Crippen LogP contribution in [0.2, 0.25) is 5.02 Å². The highest BCUT2D eigenvalue weighted by molar-refractivity contribution is 6.33. The summed E-state index contributed by atoms with van der Waals surface area (Å²) in [6.07, 6.45) is 3.31. The number of rotatable bonds is 1. The number of phenolic OH excluding ortho intramolecular Hbond substituents is 2. The molecule has 1 aliphatic rings. The van der Waals surface area contributed by atoms with Crippen molar-refractivity contribution in [3.63, 3.8) is 0 Å². The van der Waals surface area contributed by atoms with Crippen molar-refractivity contribution in [3.8, 4) is 11.5 Å². The van der Waals surface area contributed by atoms with E-state index in [9.17, 15) is 10.2 Å². The Labute approximate surface area is 100 Å². The standard InChI is InChI=1S/C12H16ClNO2/c1-7-6-8(9-4-2-3-5-14-9)12(16)10(13)11(7)15/h6,9,14-16H,2-5H2,1H3. The minimum atomic E-state index is -0.0290. The lowest BCUT2D eigenvalue weighted by Gasteiger charge is -2.25. The second-order valence-electron chi connectivity index (χ2n) is 4.30. The fourth-order valence-corrected chi connectivity index (χ4v) is 2.42. The molecule has 16 heavy (non-hydrogen) atoms. The predicted octanol–water partition coefficient (Wildman–Crippen LogP) is 2.87. The van der Waals surface area contributed by atoms with E-state index in [2.05, 4.69) is 5.32 Å². The van der Waals surface area contributed by atoms with Crippen molar-refractivity contribution >= 4 is 11.6 Å². The first-order chi connectivity index (χ1) is 7.61. The number of aryl methyl sites for hydroxylation is 1. The molecule has 0 amide bonds. The van der Waals surface area contributed by atoms with Crippen molar-refractivity contribution in [2.75, 3.05) is 6.54 Å². The molecule has 1 aromatic rings. The maximum Gasteiger partial charge on any atom is 0.142 e. The minimum absolute atomic E-state index is 0.00386. The molecule has 88 valence electrons. The first-order valence-corrected chi connectivity index (χ1v) is 5.93. The molecule has 0 radical (unpaired) electrons. The molecule has 1 aliphatic heterocycles. The van der Waals surface area contributed by atoms with E-state index in [1.165, 1.54) is 6.42 Å². The number of phenols is 2. The summed E-state index contributed by atoms with van der Waals surface area (Å²) >= 11 is 5.88. The lowest BCUT2D eigenvalue weighted by atomic mass is 9.95. The SMILES string of the molecule is Cc1cc(C2CCCCN2)c(O)c(Cl)c1O. The number of piperidine rings is 1. The smallest absolute Gasteiger partial charge is 0.142 e. The van der Waals surface area contributed by atoms with Gasteiger partial charge in [-0.25, -0.2) is 0 Å². The maximum atomic E-state index is 9.92. The van der Waals surface area contributed by atoms with E-state index >= 15 is 0 Å². The average molecular weight is 242 g/mol. The number of benzene rings is 1. The van der Waals surface area contributed by atoms with Crippen molar-refractivity contribution in [1.82, 2.24) is 5.32 Å². The average Bonchev–Trinajstić information content (AvgIpc) is 2.32. The van der Waals surface area contributed by atoms with E-state index in [-0.39, 0.29) is 22.6 Å². The molecule has 1 atom stereocenters. The molecule has 3 nitrogen and oxygen atoms in total. The highest BCUT2D eigenvalue weighted by Gasteiger charge is 2.22. The van der Waals surface area contributed by atoms with Gasteiger partial charge >= 0.3 is 0 Å². The molecule has 1 heterocycles. The van der Waals surface area contributed by atoms with Crippen LogP contribution in [0.4, 0.5) is 0 Å². The van der Waals surface area contributed by atoms with Crippen molar-refractivity contribution in [3.05, 3.63) is 22.2 Å². The van der Waals surface area contributed by atoms with Crippen molar-refractivity contribution in [2.45, 2.75) is 32.2 Å². The van der Waals surface area contributed by atoms with Crippen LogP contribution in [0.25, 0.3) is 0 Å². The number of hydrogen-bond donors (Lipinski definition) is 3. The summed E-state index contributed by atoms with van der Waals surface area (Å²) in [5.41, 5.74) is 1.49. The summed E-state index contributed by atoms with van der Waals surface area (Å²) in [4.78, 5) is 0. The van der Waals surface area contributed by atoms with Gasteiger partial charge < -0.3 is 15.5 Å².